The van der Waals surface area contributed by atoms with Crippen molar-refractivity contribution in [2.45, 2.75) is 6.92 Å². The number of hydrogen-bond acceptors (Lipinski definition) is 6. The summed E-state index contributed by atoms with van der Waals surface area (Å²) in [6.45, 7) is 1.77. The van der Waals surface area contributed by atoms with Gasteiger partial charge in [0.15, 0.2) is 5.76 Å². The Hall–Kier alpha value is -3.72. The zero-order valence-electron chi connectivity index (χ0n) is 15.6. The molecule has 0 unspecified atom stereocenters. The van der Waals surface area contributed by atoms with Gasteiger partial charge >= 0.3 is 5.91 Å². The number of rotatable bonds is 5. The van der Waals surface area contributed by atoms with E-state index >= 15 is 0 Å². The van der Waals surface area contributed by atoms with Gasteiger partial charge in [-0.2, -0.15) is 5.10 Å². The highest BCUT2D eigenvalue weighted by atomic mass is 79.9. The summed E-state index contributed by atoms with van der Waals surface area (Å²) in [4.78, 5) is 22.7. The largest absolute Gasteiger partial charge is 0.455 e. The average Bonchev–Trinajstić information content (AvgIpc) is 3.34. The van der Waals surface area contributed by atoms with Crippen molar-refractivity contribution in [3.63, 3.8) is 0 Å². The molecule has 0 saturated heterocycles. The number of nitro groups is 1. The average molecular weight is 468 g/mol. The third-order valence-corrected chi connectivity index (χ3v) is 4.87. The number of furan rings is 2. The molecule has 0 saturated carbocycles. The van der Waals surface area contributed by atoms with Gasteiger partial charge in [0.1, 0.15) is 17.1 Å². The first-order chi connectivity index (χ1) is 14.4. The van der Waals surface area contributed by atoms with Gasteiger partial charge in [-0.05, 0) is 55.0 Å². The van der Waals surface area contributed by atoms with E-state index < -0.39 is 10.8 Å². The predicted molar refractivity (Wildman–Crippen MR) is 115 cm³/mol. The number of carbonyl (C=O) groups excluding carboxylic acids is 1. The normalized spacial score (nSPS) is 11.3. The number of nitrogens with one attached hydrogen (secondary N) is 1. The van der Waals surface area contributed by atoms with Crippen molar-refractivity contribution < 1.29 is 18.6 Å². The summed E-state index contributed by atoms with van der Waals surface area (Å²) in [6, 6.07) is 15.0. The maximum atomic E-state index is 12.2. The lowest BCUT2D eigenvalue weighted by Gasteiger charge is -2.02. The van der Waals surface area contributed by atoms with Crippen LogP contribution in [0.2, 0.25) is 0 Å². The van der Waals surface area contributed by atoms with Crippen molar-refractivity contribution in [2.24, 2.45) is 5.10 Å². The van der Waals surface area contributed by atoms with Crippen LogP contribution in [0.4, 0.5) is 5.69 Å². The smallest absolute Gasteiger partial charge is 0.307 e. The second kappa shape index (κ2) is 7.96. The Kier molecular flexibility index (Phi) is 5.20. The fourth-order valence-electron chi connectivity index (χ4n) is 2.94. The Bertz CT molecular complexity index is 1310. The Balaban J connectivity index is 1.45. The maximum Gasteiger partial charge on any atom is 0.307 e. The molecule has 0 spiro atoms. The van der Waals surface area contributed by atoms with Crippen molar-refractivity contribution in [2.75, 3.05) is 0 Å². The van der Waals surface area contributed by atoms with Gasteiger partial charge in [0.05, 0.1) is 11.1 Å². The molecule has 2 aromatic carbocycles. The molecule has 4 rings (SSSR count). The molecular formula is C21H14BrN3O5. The minimum Gasteiger partial charge on any atom is -0.455 e. The zero-order valence-corrected chi connectivity index (χ0v) is 17.2. The van der Waals surface area contributed by atoms with Crippen LogP contribution in [0.3, 0.4) is 0 Å². The van der Waals surface area contributed by atoms with Crippen LogP contribution in [-0.2, 0) is 0 Å². The van der Waals surface area contributed by atoms with Gasteiger partial charge in [0.2, 0.25) is 0 Å². The monoisotopic (exact) mass is 467 g/mol. The van der Waals surface area contributed by atoms with E-state index in [1.165, 1.54) is 18.3 Å². The summed E-state index contributed by atoms with van der Waals surface area (Å²) in [5, 5.41) is 15.6. The first kappa shape index (κ1) is 19.6. The van der Waals surface area contributed by atoms with E-state index in [9.17, 15) is 14.9 Å². The number of carbonyl (C=O) groups is 1. The summed E-state index contributed by atoms with van der Waals surface area (Å²) in [6.07, 6.45) is 1.36. The molecule has 0 bridgehead atoms. The van der Waals surface area contributed by atoms with Crippen LogP contribution in [-0.4, -0.2) is 17.0 Å². The molecule has 0 aliphatic heterocycles. The Morgan fingerprint density at radius 2 is 1.97 bits per heavy atom. The minimum absolute atomic E-state index is 0.0187. The van der Waals surface area contributed by atoms with E-state index in [4.69, 9.17) is 8.83 Å². The molecule has 4 aromatic rings. The number of nitrogens with zero attached hydrogens (tertiary/aromatic N) is 2. The quantitative estimate of drug-likeness (QED) is 0.238. The van der Waals surface area contributed by atoms with E-state index in [0.29, 0.717) is 22.7 Å². The van der Waals surface area contributed by atoms with Gasteiger partial charge in [-0.3, -0.25) is 14.9 Å². The molecule has 9 heteroatoms. The molecule has 150 valence electrons. The molecule has 30 heavy (non-hydrogen) atoms. The Labute approximate surface area is 178 Å². The molecule has 2 heterocycles. The maximum absolute atomic E-state index is 12.2. The number of aryl methyl sites for hydroxylation is 1. The van der Waals surface area contributed by atoms with Crippen molar-refractivity contribution in [1.82, 2.24) is 5.43 Å². The number of non-ortho nitro benzene ring substituents is 1. The fraction of sp³-hybridized carbons (Fsp3) is 0.0476. The molecule has 1 amide bonds. The van der Waals surface area contributed by atoms with Gasteiger partial charge < -0.3 is 8.83 Å². The number of fused-ring (bicyclic) bond motifs is 1. The van der Waals surface area contributed by atoms with Gasteiger partial charge in [-0.25, -0.2) is 5.43 Å². The molecule has 2 aromatic heterocycles. The van der Waals surface area contributed by atoms with Crippen LogP contribution in [0.5, 0.6) is 0 Å². The van der Waals surface area contributed by atoms with Gasteiger partial charge in [-0.15, -0.1) is 0 Å². The predicted octanol–water partition coefficient (Wildman–Crippen LogP) is 5.44. The van der Waals surface area contributed by atoms with Crippen LogP contribution in [0.15, 0.2) is 73.0 Å². The van der Waals surface area contributed by atoms with E-state index in [2.05, 4.69) is 26.5 Å². The molecular weight excluding hydrogens is 454 g/mol. The second-order valence-corrected chi connectivity index (χ2v) is 7.37. The van der Waals surface area contributed by atoms with E-state index in [1.807, 2.05) is 12.1 Å². The number of hydrogen-bond donors (Lipinski definition) is 1. The summed E-state index contributed by atoms with van der Waals surface area (Å²) < 4.78 is 12.1. The molecule has 8 nitrogen and oxygen atoms in total. The van der Waals surface area contributed by atoms with Crippen molar-refractivity contribution in [3.05, 3.63) is 86.3 Å². The lowest BCUT2D eigenvalue weighted by Crippen LogP contribution is -2.16. The Morgan fingerprint density at radius 1 is 1.13 bits per heavy atom. The number of hydrazone groups is 1. The molecule has 0 fully saturated rings. The third kappa shape index (κ3) is 4.01. The second-order valence-electron chi connectivity index (χ2n) is 6.45. The van der Waals surface area contributed by atoms with Crippen molar-refractivity contribution >= 4 is 44.7 Å². The minimum atomic E-state index is -0.489. The Morgan fingerprint density at radius 3 is 2.73 bits per heavy atom. The molecule has 0 aliphatic carbocycles. The summed E-state index contributed by atoms with van der Waals surface area (Å²) >= 11 is 3.37. The van der Waals surface area contributed by atoms with Crippen molar-refractivity contribution in [3.8, 4) is 11.3 Å². The van der Waals surface area contributed by atoms with Crippen LogP contribution >= 0.6 is 15.9 Å². The highest BCUT2D eigenvalue weighted by molar-refractivity contribution is 9.10. The molecule has 0 radical (unpaired) electrons. The topological polar surface area (TPSA) is 111 Å². The summed E-state index contributed by atoms with van der Waals surface area (Å²) in [5.74, 6) is 0.605. The van der Waals surface area contributed by atoms with E-state index in [0.717, 1.165) is 15.4 Å². The first-order valence-electron chi connectivity index (χ1n) is 8.78. The SMILES string of the molecule is Cc1cc([N+](=O)[O-])ccc1-c1ccc(/C=N\NC(=O)c2cc3cc(Br)ccc3o2)o1. The van der Waals surface area contributed by atoms with Crippen LogP contribution in [0.1, 0.15) is 21.9 Å². The fourth-order valence-corrected chi connectivity index (χ4v) is 3.32. The number of benzene rings is 2. The van der Waals surface area contributed by atoms with Crippen molar-refractivity contribution in [1.29, 1.82) is 0 Å². The molecule has 1 N–H and O–H groups in total. The summed E-state index contributed by atoms with van der Waals surface area (Å²) in [7, 11) is 0. The third-order valence-electron chi connectivity index (χ3n) is 4.37. The number of nitro benzene ring substituents is 1. The van der Waals surface area contributed by atoms with Gasteiger partial charge in [0, 0.05) is 27.6 Å². The van der Waals surface area contributed by atoms with Gasteiger partial charge in [-0.1, -0.05) is 15.9 Å². The highest BCUT2D eigenvalue weighted by Crippen LogP contribution is 2.28. The highest BCUT2D eigenvalue weighted by Gasteiger charge is 2.13. The van der Waals surface area contributed by atoms with Crippen LogP contribution in [0, 0.1) is 17.0 Å². The van der Waals surface area contributed by atoms with Gasteiger partial charge in [0.25, 0.3) is 5.69 Å². The molecule has 0 atom stereocenters. The van der Waals surface area contributed by atoms with E-state index in [1.54, 1.807) is 37.3 Å². The standard InChI is InChI=1S/C21H14BrN3O5/c1-12-8-15(25(27)28)3-5-17(12)19-7-4-16(29-19)11-23-24-21(26)20-10-13-9-14(22)2-6-18(13)30-20/h2-11H,1H3,(H,24,26)/b23-11-. The summed E-state index contributed by atoms with van der Waals surface area (Å²) in [5.41, 5.74) is 4.46. The zero-order chi connectivity index (χ0) is 21.3. The van der Waals surface area contributed by atoms with E-state index in [-0.39, 0.29) is 11.4 Å². The molecule has 0 aliphatic rings. The lowest BCUT2D eigenvalue weighted by atomic mass is 10.1. The number of amides is 1. The van der Waals surface area contributed by atoms with Crippen LogP contribution in [0.25, 0.3) is 22.3 Å². The lowest BCUT2D eigenvalue weighted by molar-refractivity contribution is -0.384. The number of halogens is 1. The van der Waals surface area contributed by atoms with Crippen LogP contribution < -0.4 is 5.43 Å². The first-order valence-corrected chi connectivity index (χ1v) is 9.58.